The molecule has 10 nitrogen and oxygen atoms in total. The van der Waals surface area contributed by atoms with Crippen molar-refractivity contribution in [2.45, 2.75) is 20.4 Å². The summed E-state index contributed by atoms with van der Waals surface area (Å²) in [5.41, 5.74) is 1.75. The fraction of sp³-hybridized carbons (Fsp3) is 0.316. The number of amides is 2. The molecule has 3 aromatic rings. The third-order valence-corrected chi connectivity index (χ3v) is 5.31. The van der Waals surface area contributed by atoms with Gasteiger partial charge in [0.2, 0.25) is 0 Å². The van der Waals surface area contributed by atoms with Crippen LogP contribution >= 0.6 is 15.9 Å². The second kappa shape index (κ2) is 10.2. The van der Waals surface area contributed by atoms with Gasteiger partial charge in [-0.05, 0) is 54.0 Å². The molecule has 3 rings (SSSR count). The zero-order chi connectivity index (χ0) is 22.4. The van der Waals surface area contributed by atoms with Crippen molar-refractivity contribution in [2.24, 2.45) is 0 Å². The van der Waals surface area contributed by atoms with Gasteiger partial charge in [0.15, 0.2) is 12.4 Å². The van der Waals surface area contributed by atoms with E-state index in [1.54, 1.807) is 4.68 Å². The van der Waals surface area contributed by atoms with Crippen LogP contribution in [0, 0.1) is 19.7 Å². The van der Waals surface area contributed by atoms with Crippen molar-refractivity contribution in [3.63, 3.8) is 0 Å². The van der Waals surface area contributed by atoms with Crippen LogP contribution in [0.15, 0.2) is 33.3 Å². The fourth-order valence-electron chi connectivity index (χ4n) is 2.56. The molecule has 0 aliphatic carbocycles. The van der Waals surface area contributed by atoms with E-state index in [9.17, 15) is 14.0 Å². The molecule has 0 atom stereocenters. The van der Waals surface area contributed by atoms with Gasteiger partial charge in [-0.15, -0.1) is 0 Å². The summed E-state index contributed by atoms with van der Waals surface area (Å²) >= 11 is 3.45. The molecular formula is C19H20BrFN6O4. The molecule has 0 saturated heterocycles. The third kappa shape index (κ3) is 6.10. The predicted molar refractivity (Wildman–Crippen MR) is 110 cm³/mol. The summed E-state index contributed by atoms with van der Waals surface area (Å²) in [6.07, 6.45) is 0. The zero-order valence-corrected chi connectivity index (χ0v) is 18.4. The Labute approximate surface area is 185 Å². The summed E-state index contributed by atoms with van der Waals surface area (Å²) in [6, 6.07) is 5.33. The lowest BCUT2D eigenvalue weighted by atomic mass is 10.3. The van der Waals surface area contributed by atoms with Crippen LogP contribution in [0.5, 0.6) is 5.75 Å². The summed E-state index contributed by atoms with van der Waals surface area (Å²) in [5.74, 6) is -0.804. The van der Waals surface area contributed by atoms with Crippen LogP contribution in [-0.2, 0) is 11.3 Å². The molecule has 0 fully saturated rings. The van der Waals surface area contributed by atoms with Crippen LogP contribution < -0.4 is 15.4 Å². The fourth-order valence-corrected chi connectivity index (χ4v) is 2.84. The molecule has 0 aliphatic rings. The quantitative estimate of drug-likeness (QED) is 0.434. The van der Waals surface area contributed by atoms with Gasteiger partial charge in [0, 0.05) is 13.1 Å². The highest BCUT2D eigenvalue weighted by Gasteiger charge is 2.17. The lowest BCUT2D eigenvalue weighted by Gasteiger charge is -2.07. The minimum absolute atomic E-state index is 0.156. The van der Waals surface area contributed by atoms with E-state index in [1.807, 2.05) is 13.8 Å². The van der Waals surface area contributed by atoms with Crippen LogP contribution in [-0.4, -0.2) is 51.4 Å². The number of benzene rings is 1. The van der Waals surface area contributed by atoms with Gasteiger partial charge >= 0.3 is 11.8 Å². The Bertz CT molecular complexity index is 1070. The molecule has 2 amide bonds. The number of nitrogens with zero attached hydrogens (tertiary/aromatic N) is 4. The van der Waals surface area contributed by atoms with E-state index in [2.05, 4.69) is 41.8 Å². The second-order valence-electron chi connectivity index (χ2n) is 6.51. The van der Waals surface area contributed by atoms with Gasteiger partial charge in [-0.25, -0.2) is 4.39 Å². The molecule has 0 saturated carbocycles. The Hall–Kier alpha value is -3.28. The second-order valence-corrected chi connectivity index (χ2v) is 7.30. The number of aromatic nitrogens is 4. The van der Waals surface area contributed by atoms with Crippen LogP contribution in [0.3, 0.4) is 0 Å². The molecule has 1 aromatic carbocycles. The summed E-state index contributed by atoms with van der Waals surface area (Å²) in [5, 5.41) is 13.3. The van der Waals surface area contributed by atoms with Crippen molar-refractivity contribution >= 4 is 27.7 Å². The van der Waals surface area contributed by atoms with Gasteiger partial charge in [-0.2, -0.15) is 10.1 Å². The van der Waals surface area contributed by atoms with Gasteiger partial charge in [-0.3, -0.25) is 14.3 Å². The van der Waals surface area contributed by atoms with E-state index in [4.69, 9.17) is 9.26 Å². The van der Waals surface area contributed by atoms with Crippen molar-refractivity contribution in [3.05, 3.63) is 57.7 Å². The zero-order valence-electron chi connectivity index (χ0n) is 16.8. The van der Waals surface area contributed by atoms with Crippen LogP contribution in [0.2, 0.25) is 0 Å². The van der Waals surface area contributed by atoms with Crippen LogP contribution in [0.1, 0.15) is 27.9 Å². The van der Waals surface area contributed by atoms with Crippen LogP contribution in [0.25, 0.3) is 0 Å². The molecule has 31 heavy (non-hydrogen) atoms. The maximum atomic E-state index is 12.8. The first-order valence-corrected chi connectivity index (χ1v) is 10.1. The van der Waals surface area contributed by atoms with E-state index in [0.717, 1.165) is 15.9 Å². The largest absolute Gasteiger partial charge is 0.484 e. The Morgan fingerprint density at radius 1 is 1.19 bits per heavy atom. The maximum Gasteiger partial charge on any atom is 0.316 e. The smallest absolute Gasteiger partial charge is 0.316 e. The highest BCUT2D eigenvalue weighted by Crippen LogP contribution is 2.20. The molecule has 2 heterocycles. The normalized spacial score (nSPS) is 10.7. The molecule has 0 aliphatic heterocycles. The first kappa shape index (κ1) is 22.4. The van der Waals surface area contributed by atoms with E-state index >= 15 is 0 Å². The Morgan fingerprint density at radius 2 is 1.90 bits per heavy atom. The van der Waals surface area contributed by atoms with E-state index < -0.39 is 5.91 Å². The average molecular weight is 495 g/mol. The minimum atomic E-state index is -0.551. The Balaban J connectivity index is 1.38. The molecule has 0 spiro atoms. The summed E-state index contributed by atoms with van der Waals surface area (Å²) in [4.78, 5) is 27.9. The van der Waals surface area contributed by atoms with E-state index in [0.29, 0.717) is 11.6 Å². The average Bonchev–Trinajstić information content (AvgIpc) is 3.31. The number of hydrogen-bond donors (Lipinski definition) is 2. The number of nitrogens with one attached hydrogen (secondary N) is 2. The van der Waals surface area contributed by atoms with Gasteiger partial charge in [0.25, 0.3) is 5.91 Å². The summed E-state index contributed by atoms with van der Waals surface area (Å²) in [6.45, 7) is 4.14. The standard InChI is InChI=1S/C19H20BrFN6O4/c1-11-17(20)12(2)27(25-11)9-15-24-19(31-26-15)18(29)23-8-7-22-16(28)10-30-14-5-3-13(21)4-6-14/h3-6H,7-10H2,1-2H3,(H,22,28)(H,23,29). The monoisotopic (exact) mass is 494 g/mol. The number of aryl methyl sites for hydroxylation is 1. The van der Waals surface area contributed by atoms with Gasteiger partial charge in [-0.1, -0.05) is 5.16 Å². The topological polar surface area (TPSA) is 124 Å². The molecule has 0 unspecified atom stereocenters. The molecule has 2 aromatic heterocycles. The number of hydrogen-bond acceptors (Lipinski definition) is 7. The molecule has 2 N–H and O–H groups in total. The Morgan fingerprint density at radius 3 is 2.58 bits per heavy atom. The number of rotatable bonds is 9. The van der Waals surface area contributed by atoms with Gasteiger partial charge in [0.1, 0.15) is 18.1 Å². The molecule has 164 valence electrons. The van der Waals surface area contributed by atoms with Crippen molar-refractivity contribution in [2.75, 3.05) is 19.7 Å². The maximum absolute atomic E-state index is 12.8. The third-order valence-electron chi connectivity index (χ3n) is 4.16. The van der Waals surface area contributed by atoms with E-state index in [-0.39, 0.29) is 43.9 Å². The first-order chi connectivity index (χ1) is 14.8. The summed E-state index contributed by atoms with van der Waals surface area (Å²) in [7, 11) is 0. The van der Waals surface area contributed by atoms with Crippen molar-refractivity contribution < 1.29 is 23.2 Å². The number of carbonyl (C=O) groups excluding carboxylic acids is 2. The summed E-state index contributed by atoms with van der Waals surface area (Å²) < 4.78 is 25.6. The lowest BCUT2D eigenvalue weighted by Crippen LogP contribution is -2.36. The molecule has 0 bridgehead atoms. The van der Waals surface area contributed by atoms with Gasteiger partial charge < -0.3 is 19.9 Å². The highest BCUT2D eigenvalue weighted by molar-refractivity contribution is 9.10. The van der Waals surface area contributed by atoms with Crippen molar-refractivity contribution in [1.29, 1.82) is 0 Å². The van der Waals surface area contributed by atoms with Crippen molar-refractivity contribution in [3.8, 4) is 5.75 Å². The highest BCUT2D eigenvalue weighted by atomic mass is 79.9. The number of ether oxygens (including phenoxy) is 1. The molecule has 12 heteroatoms. The molecule has 0 radical (unpaired) electrons. The predicted octanol–water partition coefficient (Wildman–Crippen LogP) is 1.76. The minimum Gasteiger partial charge on any atom is -0.484 e. The SMILES string of the molecule is Cc1nn(Cc2noc(C(=O)NCCNC(=O)COc3ccc(F)cc3)n2)c(C)c1Br. The first-order valence-electron chi connectivity index (χ1n) is 9.29. The number of halogens is 2. The van der Waals surface area contributed by atoms with Crippen molar-refractivity contribution in [1.82, 2.24) is 30.6 Å². The Kier molecular flexibility index (Phi) is 7.34. The molecular weight excluding hydrogens is 475 g/mol. The van der Waals surface area contributed by atoms with Gasteiger partial charge in [0.05, 0.1) is 15.9 Å². The van der Waals surface area contributed by atoms with Crippen LogP contribution in [0.4, 0.5) is 4.39 Å². The number of carbonyl (C=O) groups is 2. The lowest BCUT2D eigenvalue weighted by molar-refractivity contribution is -0.123. The van der Waals surface area contributed by atoms with E-state index in [1.165, 1.54) is 24.3 Å².